The summed E-state index contributed by atoms with van der Waals surface area (Å²) in [6.45, 7) is 0.523. The summed E-state index contributed by atoms with van der Waals surface area (Å²) in [5.74, 6) is -1.79. The Morgan fingerprint density at radius 2 is 1.64 bits per heavy atom. The molecule has 1 saturated heterocycles. The lowest BCUT2D eigenvalue weighted by Crippen LogP contribution is -2.49. The summed E-state index contributed by atoms with van der Waals surface area (Å²) in [7, 11) is 0. The molecule has 1 heterocycles. The molecule has 132 valence electrons. The van der Waals surface area contributed by atoms with Gasteiger partial charge in [0.05, 0.1) is 0 Å². The summed E-state index contributed by atoms with van der Waals surface area (Å²) < 4.78 is 33.1. The van der Waals surface area contributed by atoms with Gasteiger partial charge < -0.3 is 14.7 Å². The molecule has 1 amide bonds. The van der Waals surface area contributed by atoms with Crippen LogP contribution in [0, 0.1) is 11.6 Å². The highest BCUT2D eigenvalue weighted by Gasteiger charge is 2.36. The average Bonchev–Trinajstić information content (AvgIpc) is 2.61. The van der Waals surface area contributed by atoms with Crippen molar-refractivity contribution in [3.05, 3.63) is 65.7 Å². The van der Waals surface area contributed by atoms with Crippen molar-refractivity contribution in [2.45, 2.75) is 18.4 Å². The van der Waals surface area contributed by atoms with Gasteiger partial charge in [-0.05, 0) is 37.1 Å². The lowest BCUT2D eigenvalue weighted by Gasteiger charge is -2.38. The Bertz CT molecular complexity index is 723. The molecule has 1 aliphatic rings. The zero-order valence-corrected chi connectivity index (χ0v) is 13.6. The zero-order chi connectivity index (χ0) is 17.9. The largest absolute Gasteiger partial charge is 0.491 e. The first kappa shape index (κ1) is 17.4. The van der Waals surface area contributed by atoms with Crippen molar-refractivity contribution in [1.29, 1.82) is 0 Å². The van der Waals surface area contributed by atoms with E-state index in [0.717, 1.165) is 12.1 Å². The number of carbonyl (C=O) groups excluding carboxylic acids is 1. The van der Waals surface area contributed by atoms with Crippen LogP contribution < -0.4 is 4.74 Å². The molecule has 3 rings (SSSR count). The van der Waals surface area contributed by atoms with Crippen LogP contribution in [-0.2, 0) is 0 Å². The summed E-state index contributed by atoms with van der Waals surface area (Å²) in [4.78, 5) is 13.7. The fraction of sp³-hybridized carbons (Fsp3) is 0.316. The van der Waals surface area contributed by atoms with Crippen LogP contribution in [0.4, 0.5) is 8.78 Å². The van der Waals surface area contributed by atoms with E-state index in [1.165, 1.54) is 11.0 Å². The quantitative estimate of drug-likeness (QED) is 0.925. The molecule has 0 atom stereocenters. The first-order chi connectivity index (χ1) is 12.0. The second-order valence-electron chi connectivity index (χ2n) is 6.21. The van der Waals surface area contributed by atoms with E-state index in [1.807, 2.05) is 18.2 Å². The lowest BCUT2D eigenvalue weighted by atomic mass is 9.92. The number of likely N-dealkylation sites (tertiary alicyclic amines) is 1. The molecule has 2 aromatic carbocycles. The van der Waals surface area contributed by atoms with Crippen molar-refractivity contribution in [3.63, 3.8) is 0 Å². The van der Waals surface area contributed by atoms with Gasteiger partial charge in [-0.2, -0.15) is 0 Å². The number of piperidine rings is 1. The SMILES string of the molecule is O=C(c1c(F)cccc1F)N1CCC(O)(COc2ccccc2)CC1. The van der Waals surface area contributed by atoms with Gasteiger partial charge in [0.25, 0.3) is 5.91 Å². The van der Waals surface area contributed by atoms with E-state index in [1.54, 1.807) is 12.1 Å². The van der Waals surface area contributed by atoms with Crippen molar-refractivity contribution < 1.29 is 23.4 Å². The van der Waals surface area contributed by atoms with Crippen LogP contribution in [0.15, 0.2) is 48.5 Å². The fourth-order valence-corrected chi connectivity index (χ4v) is 2.87. The van der Waals surface area contributed by atoms with Crippen molar-refractivity contribution >= 4 is 5.91 Å². The minimum atomic E-state index is -1.07. The molecule has 25 heavy (non-hydrogen) atoms. The fourth-order valence-electron chi connectivity index (χ4n) is 2.87. The number of halogens is 2. The van der Waals surface area contributed by atoms with E-state index in [2.05, 4.69) is 0 Å². The van der Waals surface area contributed by atoms with Gasteiger partial charge in [0.15, 0.2) is 0 Å². The zero-order valence-electron chi connectivity index (χ0n) is 13.6. The predicted octanol–water partition coefficient (Wildman–Crippen LogP) is 3.01. The normalized spacial score (nSPS) is 16.5. The smallest absolute Gasteiger partial charge is 0.259 e. The van der Waals surface area contributed by atoms with E-state index >= 15 is 0 Å². The van der Waals surface area contributed by atoms with Gasteiger partial charge in [0.2, 0.25) is 0 Å². The van der Waals surface area contributed by atoms with E-state index < -0.39 is 28.7 Å². The molecule has 0 unspecified atom stereocenters. The number of rotatable bonds is 4. The molecule has 1 N–H and O–H groups in total. The molecule has 0 bridgehead atoms. The van der Waals surface area contributed by atoms with Crippen molar-refractivity contribution in [2.24, 2.45) is 0 Å². The van der Waals surface area contributed by atoms with Crippen LogP contribution in [0.25, 0.3) is 0 Å². The van der Waals surface area contributed by atoms with Gasteiger partial charge in [0.1, 0.15) is 35.2 Å². The minimum Gasteiger partial charge on any atom is -0.491 e. The third kappa shape index (κ3) is 3.96. The Kier molecular flexibility index (Phi) is 4.99. The number of benzene rings is 2. The number of para-hydroxylation sites is 1. The highest BCUT2D eigenvalue weighted by atomic mass is 19.1. The second-order valence-corrected chi connectivity index (χ2v) is 6.21. The Morgan fingerprint density at radius 1 is 1.04 bits per heavy atom. The topological polar surface area (TPSA) is 49.8 Å². The summed E-state index contributed by atoms with van der Waals surface area (Å²) in [6.07, 6.45) is 0.559. The maximum absolute atomic E-state index is 13.8. The standard InChI is InChI=1S/C19H19F2NO3/c20-15-7-4-8-16(21)17(15)18(23)22-11-9-19(24,10-12-22)13-25-14-5-2-1-3-6-14/h1-8,24H,9-13H2. The van der Waals surface area contributed by atoms with Crippen LogP contribution in [0.1, 0.15) is 23.2 Å². The Hall–Kier alpha value is -2.47. The molecule has 6 heteroatoms. The second kappa shape index (κ2) is 7.19. The van der Waals surface area contributed by atoms with Gasteiger partial charge in [-0.1, -0.05) is 24.3 Å². The molecular weight excluding hydrogens is 328 g/mol. The molecule has 1 aliphatic heterocycles. The first-order valence-electron chi connectivity index (χ1n) is 8.12. The van der Waals surface area contributed by atoms with Crippen LogP contribution in [-0.4, -0.2) is 41.2 Å². The molecule has 0 aromatic heterocycles. The Labute approximate surface area is 144 Å². The average molecular weight is 347 g/mol. The lowest BCUT2D eigenvalue weighted by molar-refractivity contribution is -0.0476. The van der Waals surface area contributed by atoms with Crippen LogP contribution in [0.5, 0.6) is 5.75 Å². The van der Waals surface area contributed by atoms with Crippen molar-refractivity contribution in [1.82, 2.24) is 4.90 Å². The highest BCUT2D eigenvalue weighted by Crippen LogP contribution is 2.26. The molecular formula is C19H19F2NO3. The van der Waals surface area contributed by atoms with Crippen LogP contribution in [0.3, 0.4) is 0 Å². The first-order valence-corrected chi connectivity index (χ1v) is 8.12. The van der Waals surface area contributed by atoms with E-state index in [-0.39, 0.29) is 32.5 Å². The number of hydrogen-bond acceptors (Lipinski definition) is 3. The van der Waals surface area contributed by atoms with E-state index in [0.29, 0.717) is 5.75 Å². The molecule has 0 aliphatic carbocycles. The number of carbonyl (C=O) groups is 1. The van der Waals surface area contributed by atoms with E-state index in [9.17, 15) is 18.7 Å². The maximum atomic E-state index is 13.8. The van der Waals surface area contributed by atoms with Crippen LogP contribution in [0.2, 0.25) is 0 Å². The van der Waals surface area contributed by atoms with E-state index in [4.69, 9.17) is 4.74 Å². The summed E-state index contributed by atoms with van der Waals surface area (Å²) in [6, 6.07) is 12.5. The van der Waals surface area contributed by atoms with Gasteiger partial charge >= 0.3 is 0 Å². The Morgan fingerprint density at radius 3 is 2.24 bits per heavy atom. The number of nitrogens with zero attached hydrogens (tertiary/aromatic N) is 1. The number of amides is 1. The van der Waals surface area contributed by atoms with Gasteiger partial charge in [-0.3, -0.25) is 4.79 Å². The summed E-state index contributed by atoms with van der Waals surface area (Å²) in [5, 5.41) is 10.6. The van der Waals surface area contributed by atoms with Gasteiger partial charge in [-0.25, -0.2) is 8.78 Å². The highest BCUT2D eigenvalue weighted by molar-refractivity contribution is 5.94. The Balaban J connectivity index is 1.60. The third-order valence-corrected chi connectivity index (χ3v) is 4.41. The molecule has 0 radical (unpaired) electrons. The number of hydrogen-bond donors (Lipinski definition) is 1. The molecule has 1 fully saturated rings. The van der Waals surface area contributed by atoms with Crippen LogP contribution >= 0.6 is 0 Å². The summed E-state index contributed by atoms with van der Waals surface area (Å²) >= 11 is 0. The third-order valence-electron chi connectivity index (χ3n) is 4.41. The maximum Gasteiger partial charge on any atom is 0.259 e. The van der Waals surface area contributed by atoms with Crippen molar-refractivity contribution in [2.75, 3.05) is 19.7 Å². The van der Waals surface area contributed by atoms with Gasteiger partial charge in [0, 0.05) is 13.1 Å². The number of aliphatic hydroxyl groups is 1. The van der Waals surface area contributed by atoms with Gasteiger partial charge in [-0.15, -0.1) is 0 Å². The predicted molar refractivity (Wildman–Crippen MR) is 88.4 cm³/mol. The molecule has 0 spiro atoms. The summed E-state index contributed by atoms with van der Waals surface area (Å²) in [5.41, 5.74) is -1.62. The number of ether oxygens (including phenoxy) is 1. The molecule has 0 saturated carbocycles. The monoisotopic (exact) mass is 347 g/mol. The van der Waals surface area contributed by atoms with Crippen molar-refractivity contribution in [3.8, 4) is 5.75 Å². The minimum absolute atomic E-state index is 0.104. The molecule has 4 nitrogen and oxygen atoms in total. The molecule has 2 aromatic rings.